The van der Waals surface area contributed by atoms with E-state index in [1.54, 1.807) is 6.33 Å². The van der Waals surface area contributed by atoms with Crippen LogP contribution in [0.4, 0.5) is 0 Å². The highest BCUT2D eigenvalue weighted by Crippen LogP contribution is 2.24. The van der Waals surface area contributed by atoms with Gasteiger partial charge in [-0.15, -0.1) is 0 Å². The molecule has 4 nitrogen and oxygen atoms in total. The highest BCUT2D eigenvalue weighted by Gasteiger charge is 2.24. The van der Waals surface area contributed by atoms with Crippen LogP contribution in [0.3, 0.4) is 0 Å². The molecule has 0 saturated carbocycles. The van der Waals surface area contributed by atoms with Crippen molar-refractivity contribution in [1.82, 2.24) is 14.5 Å². The summed E-state index contributed by atoms with van der Waals surface area (Å²) in [6, 6.07) is 19.0. The molecule has 134 valence electrons. The number of piperidine rings is 1. The van der Waals surface area contributed by atoms with Gasteiger partial charge < -0.3 is 4.90 Å². The standard InChI is InChI=1S/C22H25N3O/c1-17(15-18-7-3-2-4-8-18)24-13-11-19(12-14-24)25-16-23-21-10-6-5-9-20(21)22(25)26/h2-10,16-17,19H,11-15H2,1H3. The normalized spacial score (nSPS) is 17.4. The molecular weight excluding hydrogens is 322 g/mol. The van der Waals surface area contributed by atoms with Crippen molar-refractivity contribution in [2.75, 3.05) is 13.1 Å². The molecule has 1 saturated heterocycles. The van der Waals surface area contributed by atoms with E-state index in [4.69, 9.17) is 0 Å². The van der Waals surface area contributed by atoms with Crippen molar-refractivity contribution in [2.24, 2.45) is 0 Å². The summed E-state index contributed by atoms with van der Waals surface area (Å²) in [5.41, 5.74) is 2.26. The largest absolute Gasteiger partial charge is 0.300 e. The van der Waals surface area contributed by atoms with E-state index in [-0.39, 0.29) is 11.6 Å². The van der Waals surface area contributed by atoms with Gasteiger partial charge in [-0.2, -0.15) is 0 Å². The fourth-order valence-corrected chi connectivity index (χ4v) is 4.03. The minimum Gasteiger partial charge on any atom is -0.300 e. The zero-order valence-corrected chi connectivity index (χ0v) is 15.2. The van der Waals surface area contributed by atoms with Gasteiger partial charge >= 0.3 is 0 Å². The summed E-state index contributed by atoms with van der Waals surface area (Å²) >= 11 is 0. The second-order valence-corrected chi connectivity index (χ2v) is 7.28. The lowest BCUT2D eigenvalue weighted by molar-refractivity contribution is 0.141. The third-order valence-corrected chi connectivity index (χ3v) is 5.58. The van der Waals surface area contributed by atoms with E-state index in [1.807, 2.05) is 28.8 Å². The molecule has 0 radical (unpaired) electrons. The van der Waals surface area contributed by atoms with Crippen molar-refractivity contribution in [2.45, 2.75) is 38.3 Å². The molecule has 1 aromatic heterocycles. The van der Waals surface area contributed by atoms with E-state index in [0.29, 0.717) is 6.04 Å². The Morgan fingerprint density at radius 1 is 1.04 bits per heavy atom. The molecule has 1 aliphatic heterocycles. The SMILES string of the molecule is CC(Cc1ccccc1)N1CCC(n2cnc3ccccc3c2=O)CC1. The first-order valence-corrected chi connectivity index (χ1v) is 9.46. The van der Waals surface area contributed by atoms with E-state index < -0.39 is 0 Å². The Labute approximate surface area is 154 Å². The molecule has 0 spiro atoms. The molecule has 3 aromatic rings. The highest BCUT2D eigenvalue weighted by molar-refractivity contribution is 5.76. The lowest BCUT2D eigenvalue weighted by atomic mass is 10.00. The van der Waals surface area contributed by atoms with Crippen molar-refractivity contribution in [1.29, 1.82) is 0 Å². The zero-order chi connectivity index (χ0) is 17.9. The molecule has 0 N–H and O–H groups in total. The maximum absolute atomic E-state index is 12.8. The Hall–Kier alpha value is -2.46. The summed E-state index contributed by atoms with van der Waals surface area (Å²) in [7, 11) is 0. The first-order valence-electron chi connectivity index (χ1n) is 9.46. The smallest absolute Gasteiger partial charge is 0.261 e. The average Bonchev–Trinajstić information content (AvgIpc) is 2.69. The van der Waals surface area contributed by atoms with Crippen LogP contribution in [0.5, 0.6) is 0 Å². The first kappa shape index (κ1) is 17.0. The Kier molecular flexibility index (Phi) is 4.85. The molecule has 1 unspecified atom stereocenters. The molecule has 0 bridgehead atoms. The molecule has 0 aliphatic carbocycles. The van der Waals surface area contributed by atoms with E-state index in [2.05, 4.69) is 47.1 Å². The van der Waals surface area contributed by atoms with Crippen LogP contribution in [0, 0.1) is 0 Å². The van der Waals surface area contributed by atoms with Crippen LogP contribution >= 0.6 is 0 Å². The predicted molar refractivity (Wildman–Crippen MR) is 105 cm³/mol. The Morgan fingerprint density at radius 2 is 1.73 bits per heavy atom. The Balaban J connectivity index is 1.44. The maximum atomic E-state index is 12.8. The van der Waals surface area contributed by atoms with Crippen LogP contribution < -0.4 is 5.56 Å². The highest BCUT2D eigenvalue weighted by atomic mass is 16.1. The molecule has 26 heavy (non-hydrogen) atoms. The lowest BCUT2D eigenvalue weighted by Gasteiger charge is -2.36. The van der Waals surface area contributed by atoms with E-state index in [0.717, 1.165) is 43.3 Å². The number of likely N-dealkylation sites (tertiary alicyclic amines) is 1. The molecular formula is C22H25N3O. The fraction of sp³-hybridized carbons (Fsp3) is 0.364. The number of fused-ring (bicyclic) bond motifs is 1. The fourth-order valence-electron chi connectivity index (χ4n) is 4.03. The lowest BCUT2D eigenvalue weighted by Crippen LogP contribution is -2.42. The van der Waals surface area contributed by atoms with Crippen molar-refractivity contribution in [3.05, 3.63) is 76.8 Å². The summed E-state index contributed by atoms with van der Waals surface area (Å²) in [6.07, 6.45) is 4.81. The summed E-state index contributed by atoms with van der Waals surface area (Å²) in [5, 5.41) is 0.717. The Morgan fingerprint density at radius 3 is 2.50 bits per heavy atom. The average molecular weight is 347 g/mol. The summed E-state index contributed by atoms with van der Waals surface area (Å²) in [4.78, 5) is 19.8. The van der Waals surface area contributed by atoms with Gasteiger partial charge in [0.2, 0.25) is 0 Å². The van der Waals surface area contributed by atoms with Crippen LogP contribution in [-0.4, -0.2) is 33.6 Å². The number of aromatic nitrogens is 2. The molecule has 4 rings (SSSR count). The summed E-state index contributed by atoms with van der Waals surface area (Å²) in [6.45, 7) is 4.35. The zero-order valence-electron chi connectivity index (χ0n) is 15.2. The number of hydrogen-bond acceptors (Lipinski definition) is 3. The van der Waals surface area contributed by atoms with Gasteiger partial charge in [-0.1, -0.05) is 42.5 Å². The number of rotatable bonds is 4. The molecule has 1 aliphatic rings. The monoisotopic (exact) mass is 347 g/mol. The van der Waals surface area contributed by atoms with Gasteiger partial charge in [-0.3, -0.25) is 9.36 Å². The van der Waals surface area contributed by atoms with Gasteiger partial charge in [0.1, 0.15) is 0 Å². The second kappa shape index (κ2) is 7.42. The van der Waals surface area contributed by atoms with Gasteiger partial charge in [-0.25, -0.2) is 4.98 Å². The molecule has 0 amide bonds. The van der Waals surface area contributed by atoms with Crippen LogP contribution in [0.1, 0.15) is 31.4 Å². The van der Waals surface area contributed by atoms with Gasteiger partial charge in [-0.05, 0) is 43.9 Å². The number of nitrogens with zero attached hydrogens (tertiary/aromatic N) is 3. The molecule has 2 heterocycles. The third kappa shape index (κ3) is 3.42. The molecule has 4 heteroatoms. The minimum absolute atomic E-state index is 0.0892. The minimum atomic E-state index is 0.0892. The topological polar surface area (TPSA) is 38.1 Å². The van der Waals surface area contributed by atoms with Crippen molar-refractivity contribution in [3.63, 3.8) is 0 Å². The van der Waals surface area contributed by atoms with Crippen molar-refractivity contribution in [3.8, 4) is 0 Å². The van der Waals surface area contributed by atoms with Gasteiger partial charge in [0.25, 0.3) is 5.56 Å². The van der Waals surface area contributed by atoms with Gasteiger partial charge in [0.05, 0.1) is 17.2 Å². The van der Waals surface area contributed by atoms with Gasteiger partial charge in [0, 0.05) is 25.2 Å². The van der Waals surface area contributed by atoms with Crippen LogP contribution in [0.2, 0.25) is 0 Å². The van der Waals surface area contributed by atoms with Gasteiger partial charge in [0.15, 0.2) is 0 Å². The predicted octanol–water partition coefficient (Wildman–Crippen LogP) is 3.66. The van der Waals surface area contributed by atoms with E-state index >= 15 is 0 Å². The van der Waals surface area contributed by atoms with Crippen LogP contribution in [-0.2, 0) is 6.42 Å². The number of hydrogen-bond donors (Lipinski definition) is 0. The maximum Gasteiger partial charge on any atom is 0.261 e. The van der Waals surface area contributed by atoms with Crippen molar-refractivity contribution >= 4 is 10.9 Å². The number of para-hydroxylation sites is 1. The number of benzene rings is 2. The molecule has 1 fully saturated rings. The Bertz CT molecular complexity index is 927. The first-order chi connectivity index (χ1) is 12.7. The quantitative estimate of drug-likeness (QED) is 0.723. The van der Waals surface area contributed by atoms with E-state index in [1.165, 1.54) is 5.56 Å². The van der Waals surface area contributed by atoms with Crippen LogP contribution in [0.25, 0.3) is 10.9 Å². The van der Waals surface area contributed by atoms with E-state index in [9.17, 15) is 4.79 Å². The second-order valence-electron chi connectivity index (χ2n) is 7.28. The third-order valence-electron chi connectivity index (χ3n) is 5.58. The summed E-state index contributed by atoms with van der Waals surface area (Å²) in [5.74, 6) is 0. The molecule has 2 aromatic carbocycles. The summed E-state index contributed by atoms with van der Waals surface area (Å²) < 4.78 is 1.85. The molecule has 1 atom stereocenters. The van der Waals surface area contributed by atoms with Crippen molar-refractivity contribution < 1.29 is 0 Å². The van der Waals surface area contributed by atoms with Crippen LogP contribution in [0.15, 0.2) is 65.7 Å².